The van der Waals surface area contributed by atoms with Crippen LogP contribution in [0.3, 0.4) is 0 Å². The first-order valence-corrected chi connectivity index (χ1v) is 8.28. The Morgan fingerprint density at radius 2 is 2.00 bits per heavy atom. The Morgan fingerprint density at radius 1 is 1.17 bits per heavy atom. The highest BCUT2D eigenvalue weighted by Gasteiger charge is 2.13. The standard InChI is InChI=1S/C17H11ClN2O2S/c18-15-9-13(20(21)22)6-5-11(15)7-14-10-23-17-8-12-3-1-2-4-16(12)19(14)17/h1-6,8-10H,7H2. The molecular formula is C17H11ClN2O2S. The molecule has 0 unspecified atom stereocenters. The Balaban J connectivity index is 1.80. The maximum atomic E-state index is 10.8. The maximum absolute atomic E-state index is 10.8. The molecule has 0 saturated carbocycles. The fourth-order valence-electron chi connectivity index (χ4n) is 2.80. The number of rotatable bonds is 3. The molecule has 6 heteroatoms. The first-order chi connectivity index (χ1) is 11.1. The van der Waals surface area contributed by atoms with E-state index in [1.165, 1.54) is 22.3 Å². The van der Waals surface area contributed by atoms with Crippen LogP contribution < -0.4 is 0 Å². The van der Waals surface area contributed by atoms with Crippen LogP contribution in [0.25, 0.3) is 15.7 Å². The number of non-ortho nitro benzene ring substituents is 1. The van der Waals surface area contributed by atoms with E-state index in [0.717, 1.165) is 16.8 Å². The number of halogens is 1. The molecule has 114 valence electrons. The van der Waals surface area contributed by atoms with Gasteiger partial charge in [0.2, 0.25) is 0 Å². The average Bonchev–Trinajstić information content (AvgIpc) is 3.09. The van der Waals surface area contributed by atoms with E-state index in [-0.39, 0.29) is 5.69 Å². The minimum absolute atomic E-state index is 0.0145. The van der Waals surface area contributed by atoms with Gasteiger partial charge in [0.05, 0.1) is 15.5 Å². The average molecular weight is 343 g/mol. The van der Waals surface area contributed by atoms with Crippen molar-refractivity contribution in [1.29, 1.82) is 0 Å². The maximum Gasteiger partial charge on any atom is 0.270 e. The third-order valence-corrected chi connectivity index (χ3v) is 5.18. The largest absolute Gasteiger partial charge is 0.304 e. The van der Waals surface area contributed by atoms with E-state index >= 15 is 0 Å². The zero-order valence-corrected chi connectivity index (χ0v) is 13.5. The minimum Gasteiger partial charge on any atom is -0.304 e. The van der Waals surface area contributed by atoms with Crippen LogP contribution in [-0.4, -0.2) is 9.32 Å². The van der Waals surface area contributed by atoms with Crippen LogP contribution in [0.4, 0.5) is 5.69 Å². The molecule has 4 rings (SSSR count). The summed E-state index contributed by atoms with van der Waals surface area (Å²) in [5.74, 6) is 0. The Hall–Kier alpha value is -2.37. The molecule has 0 amide bonds. The van der Waals surface area contributed by atoms with Crippen LogP contribution in [0.15, 0.2) is 53.9 Å². The first-order valence-electron chi connectivity index (χ1n) is 7.03. The Morgan fingerprint density at radius 3 is 2.78 bits per heavy atom. The summed E-state index contributed by atoms with van der Waals surface area (Å²) in [6, 6.07) is 15.0. The Bertz CT molecular complexity index is 1050. The zero-order valence-electron chi connectivity index (χ0n) is 11.9. The number of aromatic nitrogens is 1. The van der Waals surface area contributed by atoms with Gasteiger partial charge in [0.1, 0.15) is 4.83 Å². The molecule has 0 atom stereocenters. The van der Waals surface area contributed by atoms with Crippen molar-refractivity contribution >= 4 is 44.4 Å². The topological polar surface area (TPSA) is 47.5 Å². The number of hydrogen-bond donors (Lipinski definition) is 0. The second-order valence-electron chi connectivity index (χ2n) is 5.31. The van der Waals surface area contributed by atoms with Gasteiger partial charge in [0.15, 0.2) is 0 Å². The van der Waals surface area contributed by atoms with Gasteiger partial charge in [-0.05, 0) is 17.7 Å². The monoisotopic (exact) mass is 342 g/mol. The van der Waals surface area contributed by atoms with Crippen LogP contribution in [0, 0.1) is 10.1 Å². The van der Waals surface area contributed by atoms with Gasteiger partial charge in [0, 0.05) is 35.0 Å². The number of fused-ring (bicyclic) bond motifs is 3. The van der Waals surface area contributed by atoms with Gasteiger partial charge in [0.25, 0.3) is 5.69 Å². The fraction of sp³-hybridized carbons (Fsp3) is 0.0588. The lowest BCUT2D eigenvalue weighted by molar-refractivity contribution is -0.384. The summed E-state index contributed by atoms with van der Waals surface area (Å²) >= 11 is 7.91. The molecule has 2 aromatic carbocycles. The molecular weight excluding hydrogens is 332 g/mol. The third-order valence-electron chi connectivity index (χ3n) is 3.90. The second kappa shape index (κ2) is 5.37. The molecule has 2 heterocycles. The molecule has 2 aromatic heterocycles. The molecule has 0 bridgehead atoms. The molecule has 4 aromatic rings. The van der Waals surface area contributed by atoms with Gasteiger partial charge in [-0.2, -0.15) is 0 Å². The minimum atomic E-state index is -0.433. The molecule has 0 N–H and O–H groups in total. The summed E-state index contributed by atoms with van der Waals surface area (Å²) in [5.41, 5.74) is 3.19. The summed E-state index contributed by atoms with van der Waals surface area (Å²) in [6.45, 7) is 0. The number of nitrogens with zero attached hydrogens (tertiary/aromatic N) is 2. The van der Waals surface area contributed by atoms with Crippen LogP contribution in [0.2, 0.25) is 5.02 Å². The summed E-state index contributed by atoms with van der Waals surface area (Å²) in [4.78, 5) is 11.6. The summed E-state index contributed by atoms with van der Waals surface area (Å²) in [5, 5.41) is 14.6. The van der Waals surface area contributed by atoms with E-state index in [9.17, 15) is 10.1 Å². The van der Waals surface area contributed by atoms with Crippen molar-refractivity contribution in [2.75, 3.05) is 0 Å². The van der Waals surface area contributed by atoms with Gasteiger partial charge >= 0.3 is 0 Å². The molecule has 0 fully saturated rings. The van der Waals surface area contributed by atoms with Gasteiger partial charge in [-0.3, -0.25) is 10.1 Å². The Kier molecular flexibility index (Phi) is 3.32. The lowest BCUT2D eigenvalue weighted by atomic mass is 10.1. The van der Waals surface area contributed by atoms with Gasteiger partial charge in [-0.15, -0.1) is 11.3 Å². The highest BCUT2D eigenvalue weighted by Crippen LogP contribution is 2.30. The highest BCUT2D eigenvalue weighted by molar-refractivity contribution is 7.15. The predicted octanol–water partition coefficient (Wildman–Crippen LogP) is 5.31. The quantitative estimate of drug-likeness (QED) is 0.374. The van der Waals surface area contributed by atoms with Crippen molar-refractivity contribution in [2.24, 2.45) is 0 Å². The van der Waals surface area contributed by atoms with Crippen molar-refractivity contribution in [3.8, 4) is 0 Å². The van der Waals surface area contributed by atoms with Gasteiger partial charge in [-0.1, -0.05) is 35.9 Å². The number of nitro groups is 1. The SMILES string of the molecule is O=[N+]([O-])c1ccc(Cc2csc3cc4ccccc4n23)c(Cl)c1. The molecule has 0 saturated heterocycles. The molecule has 0 aliphatic heterocycles. The van der Waals surface area contributed by atoms with Crippen molar-refractivity contribution < 1.29 is 4.92 Å². The van der Waals surface area contributed by atoms with Gasteiger partial charge < -0.3 is 4.40 Å². The molecule has 0 aliphatic carbocycles. The summed E-state index contributed by atoms with van der Waals surface area (Å²) in [6.07, 6.45) is 0.634. The zero-order chi connectivity index (χ0) is 16.0. The summed E-state index contributed by atoms with van der Waals surface area (Å²) in [7, 11) is 0. The van der Waals surface area contributed by atoms with Crippen molar-refractivity contribution in [2.45, 2.75) is 6.42 Å². The number of nitro benzene ring substituents is 1. The molecule has 23 heavy (non-hydrogen) atoms. The van der Waals surface area contributed by atoms with Crippen LogP contribution >= 0.6 is 22.9 Å². The Labute approximate surface area is 140 Å². The number of thiazole rings is 1. The van der Waals surface area contributed by atoms with E-state index in [0.29, 0.717) is 11.4 Å². The number of para-hydroxylation sites is 1. The van der Waals surface area contributed by atoms with Crippen molar-refractivity contribution in [3.63, 3.8) is 0 Å². The predicted molar refractivity (Wildman–Crippen MR) is 93.7 cm³/mol. The van der Waals surface area contributed by atoms with Crippen LogP contribution in [0.1, 0.15) is 11.3 Å². The molecule has 0 aliphatic rings. The van der Waals surface area contributed by atoms with E-state index in [4.69, 9.17) is 11.6 Å². The molecule has 0 radical (unpaired) electrons. The van der Waals surface area contributed by atoms with Gasteiger partial charge in [-0.25, -0.2) is 0 Å². The first kappa shape index (κ1) is 14.2. The smallest absolute Gasteiger partial charge is 0.270 e. The molecule has 0 spiro atoms. The third kappa shape index (κ3) is 2.38. The van der Waals surface area contributed by atoms with E-state index < -0.39 is 4.92 Å². The van der Waals surface area contributed by atoms with E-state index in [2.05, 4.69) is 28.0 Å². The summed E-state index contributed by atoms with van der Waals surface area (Å²) < 4.78 is 2.22. The lowest BCUT2D eigenvalue weighted by Crippen LogP contribution is -1.95. The van der Waals surface area contributed by atoms with Crippen molar-refractivity contribution in [1.82, 2.24) is 4.40 Å². The highest BCUT2D eigenvalue weighted by atomic mass is 35.5. The normalized spacial score (nSPS) is 11.3. The second-order valence-corrected chi connectivity index (χ2v) is 6.61. The van der Waals surface area contributed by atoms with E-state index in [1.807, 2.05) is 12.1 Å². The number of hydrogen-bond acceptors (Lipinski definition) is 3. The van der Waals surface area contributed by atoms with Crippen LogP contribution in [-0.2, 0) is 6.42 Å². The van der Waals surface area contributed by atoms with Crippen LogP contribution in [0.5, 0.6) is 0 Å². The lowest BCUT2D eigenvalue weighted by Gasteiger charge is -2.05. The molecule has 4 nitrogen and oxygen atoms in total. The number of benzene rings is 2. The van der Waals surface area contributed by atoms with E-state index in [1.54, 1.807) is 17.4 Å². The fourth-order valence-corrected chi connectivity index (χ4v) is 4.01. The van der Waals surface area contributed by atoms with Crippen molar-refractivity contribution in [3.05, 3.63) is 80.3 Å².